The zero-order chi connectivity index (χ0) is 10.8. The molecule has 15 heavy (non-hydrogen) atoms. The summed E-state index contributed by atoms with van der Waals surface area (Å²) in [6.07, 6.45) is 3.23. The molecule has 2 rings (SSSR count). The van der Waals surface area contributed by atoms with Crippen molar-refractivity contribution in [2.45, 2.75) is 12.5 Å². The SMILES string of the molecule is COC1CCN(c2ncc(Br)cc2Br)C1. The molecule has 0 saturated carbocycles. The van der Waals surface area contributed by atoms with Gasteiger partial charge in [-0.25, -0.2) is 4.98 Å². The lowest BCUT2D eigenvalue weighted by Crippen LogP contribution is -2.23. The standard InChI is InChI=1S/C10H12Br2N2O/c1-15-8-2-3-14(6-8)10-9(12)4-7(11)5-13-10/h4-5,8H,2-3,6H2,1H3. The zero-order valence-corrected chi connectivity index (χ0v) is 11.6. The minimum atomic E-state index is 0.336. The Bertz CT molecular complexity index is 359. The summed E-state index contributed by atoms with van der Waals surface area (Å²) >= 11 is 6.92. The van der Waals surface area contributed by atoms with Gasteiger partial charge in [-0.15, -0.1) is 0 Å². The van der Waals surface area contributed by atoms with Crippen LogP contribution in [0, 0.1) is 0 Å². The number of hydrogen-bond acceptors (Lipinski definition) is 3. The van der Waals surface area contributed by atoms with Crippen LogP contribution >= 0.6 is 31.9 Å². The number of anilines is 1. The number of aromatic nitrogens is 1. The number of nitrogens with zero attached hydrogens (tertiary/aromatic N) is 2. The highest BCUT2D eigenvalue weighted by molar-refractivity contribution is 9.11. The first kappa shape index (κ1) is 11.4. The monoisotopic (exact) mass is 334 g/mol. The predicted octanol–water partition coefficient (Wildman–Crippen LogP) is 2.83. The van der Waals surface area contributed by atoms with E-state index in [-0.39, 0.29) is 0 Å². The number of rotatable bonds is 2. The molecule has 0 bridgehead atoms. The molecule has 0 spiro atoms. The summed E-state index contributed by atoms with van der Waals surface area (Å²) in [4.78, 5) is 6.65. The highest BCUT2D eigenvalue weighted by Crippen LogP contribution is 2.29. The molecule has 1 saturated heterocycles. The highest BCUT2D eigenvalue weighted by atomic mass is 79.9. The van der Waals surface area contributed by atoms with Gasteiger partial charge in [0.05, 0.1) is 10.6 Å². The quantitative estimate of drug-likeness (QED) is 0.831. The molecule has 1 fully saturated rings. The fraction of sp³-hybridized carbons (Fsp3) is 0.500. The smallest absolute Gasteiger partial charge is 0.143 e. The lowest BCUT2D eigenvalue weighted by Gasteiger charge is -2.18. The molecule has 1 atom stereocenters. The first-order chi connectivity index (χ1) is 7.20. The van der Waals surface area contributed by atoms with Crippen LogP contribution in [0.4, 0.5) is 5.82 Å². The predicted molar refractivity (Wildman–Crippen MR) is 67.3 cm³/mol. The van der Waals surface area contributed by atoms with E-state index in [1.54, 1.807) is 7.11 Å². The molecule has 0 amide bonds. The van der Waals surface area contributed by atoms with Crippen molar-refractivity contribution in [2.75, 3.05) is 25.1 Å². The van der Waals surface area contributed by atoms with Gasteiger partial charge in [-0.2, -0.15) is 0 Å². The first-order valence-corrected chi connectivity index (χ1v) is 6.38. The third-order valence-corrected chi connectivity index (χ3v) is 3.58. The summed E-state index contributed by atoms with van der Waals surface area (Å²) in [6.45, 7) is 1.93. The Morgan fingerprint density at radius 2 is 2.33 bits per heavy atom. The maximum atomic E-state index is 5.33. The van der Waals surface area contributed by atoms with Crippen molar-refractivity contribution < 1.29 is 4.74 Å². The molecule has 5 heteroatoms. The van der Waals surface area contributed by atoms with E-state index in [1.165, 1.54) is 0 Å². The average molecular weight is 336 g/mol. The molecule has 0 aromatic carbocycles. The molecule has 2 heterocycles. The van der Waals surface area contributed by atoms with E-state index < -0.39 is 0 Å². The number of halogens is 2. The van der Waals surface area contributed by atoms with Crippen molar-refractivity contribution in [1.82, 2.24) is 4.98 Å². The Hall–Kier alpha value is -0.130. The van der Waals surface area contributed by atoms with Gasteiger partial charge in [0, 0.05) is 30.9 Å². The maximum Gasteiger partial charge on any atom is 0.143 e. The summed E-state index contributed by atoms with van der Waals surface area (Å²) < 4.78 is 7.34. The van der Waals surface area contributed by atoms with E-state index in [1.807, 2.05) is 12.3 Å². The summed E-state index contributed by atoms with van der Waals surface area (Å²) in [7, 11) is 1.76. The van der Waals surface area contributed by atoms with Gasteiger partial charge in [0.15, 0.2) is 0 Å². The van der Waals surface area contributed by atoms with E-state index in [9.17, 15) is 0 Å². The molecular weight excluding hydrogens is 324 g/mol. The van der Waals surface area contributed by atoms with Gasteiger partial charge in [0.2, 0.25) is 0 Å². The molecule has 0 radical (unpaired) electrons. The number of pyridine rings is 1. The second-order valence-corrected chi connectivity index (χ2v) is 5.32. The van der Waals surface area contributed by atoms with E-state index >= 15 is 0 Å². The van der Waals surface area contributed by atoms with Crippen molar-refractivity contribution >= 4 is 37.7 Å². The lowest BCUT2D eigenvalue weighted by molar-refractivity contribution is 0.121. The summed E-state index contributed by atoms with van der Waals surface area (Å²) in [6, 6.07) is 2.02. The topological polar surface area (TPSA) is 25.4 Å². The van der Waals surface area contributed by atoms with Gasteiger partial charge in [-0.1, -0.05) is 0 Å². The van der Waals surface area contributed by atoms with Crippen molar-refractivity contribution in [3.8, 4) is 0 Å². The fourth-order valence-electron chi connectivity index (χ4n) is 1.75. The summed E-state index contributed by atoms with van der Waals surface area (Å²) in [5.41, 5.74) is 0. The lowest BCUT2D eigenvalue weighted by atomic mass is 10.3. The van der Waals surface area contributed by atoms with Crippen LogP contribution in [0.3, 0.4) is 0 Å². The van der Waals surface area contributed by atoms with Crippen molar-refractivity contribution in [2.24, 2.45) is 0 Å². The Kier molecular flexibility index (Phi) is 3.64. The molecular formula is C10H12Br2N2O. The van der Waals surface area contributed by atoms with E-state index in [4.69, 9.17) is 4.74 Å². The summed E-state index contributed by atoms with van der Waals surface area (Å²) in [5, 5.41) is 0. The third kappa shape index (κ3) is 2.52. The van der Waals surface area contributed by atoms with Crippen LogP contribution < -0.4 is 4.90 Å². The van der Waals surface area contributed by atoms with Crippen molar-refractivity contribution in [3.05, 3.63) is 21.2 Å². The number of methoxy groups -OCH3 is 1. The third-order valence-electron chi connectivity index (χ3n) is 2.57. The minimum Gasteiger partial charge on any atom is -0.380 e. The molecule has 0 aliphatic carbocycles. The molecule has 1 unspecified atom stereocenters. The Morgan fingerprint density at radius 1 is 1.53 bits per heavy atom. The second-order valence-electron chi connectivity index (χ2n) is 3.55. The molecule has 3 nitrogen and oxygen atoms in total. The van der Waals surface area contributed by atoms with Gasteiger partial charge in [0.1, 0.15) is 5.82 Å². The number of hydrogen-bond donors (Lipinski definition) is 0. The van der Waals surface area contributed by atoms with E-state index in [0.717, 1.165) is 34.3 Å². The molecule has 82 valence electrons. The summed E-state index contributed by atoms with van der Waals surface area (Å²) in [5.74, 6) is 0.998. The molecule has 0 N–H and O–H groups in total. The molecule has 1 aliphatic rings. The van der Waals surface area contributed by atoms with Crippen LogP contribution in [0.25, 0.3) is 0 Å². The van der Waals surface area contributed by atoms with Crippen molar-refractivity contribution in [1.29, 1.82) is 0 Å². The second kappa shape index (κ2) is 4.80. The average Bonchev–Trinajstić information content (AvgIpc) is 2.66. The maximum absolute atomic E-state index is 5.33. The first-order valence-electron chi connectivity index (χ1n) is 4.79. The van der Waals surface area contributed by atoms with E-state index in [0.29, 0.717) is 6.10 Å². The highest BCUT2D eigenvalue weighted by Gasteiger charge is 2.24. The Labute approximate surface area is 106 Å². The van der Waals surface area contributed by atoms with Gasteiger partial charge in [0.25, 0.3) is 0 Å². The molecule has 1 aromatic heterocycles. The van der Waals surface area contributed by atoms with Crippen LogP contribution in [0.5, 0.6) is 0 Å². The molecule has 1 aliphatic heterocycles. The van der Waals surface area contributed by atoms with Gasteiger partial charge < -0.3 is 9.64 Å². The fourth-order valence-corrected chi connectivity index (χ4v) is 2.99. The van der Waals surface area contributed by atoms with Crippen LogP contribution in [0.15, 0.2) is 21.2 Å². The number of ether oxygens (including phenoxy) is 1. The Morgan fingerprint density at radius 3 is 2.93 bits per heavy atom. The van der Waals surface area contributed by atoms with Crippen LogP contribution in [0.2, 0.25) is 0 Å². The van der Waals surface area contributed by atoms with E-state index in [2.05, 4.69) is 41.7 Å². The minimum absolute atomic E-state index is 0.336. The Balaban J connectivity index is 2.17. The van der Waals surface area contributed by atoms with Gasteiger partial charge in [-0.05, 0) is 44.3 Å². The van der Waals surface area contributed by atoms with Gasteiger partial charge in [-0.3, -0.25) is 0 Å². The normalized spacial score (nSPS) is 21.0. The zero-order valence-electron chi connectivity index (χ0n) is 8.41. The van der Waals surface area contributed by atoms with Crippen LogP contribution in [0.1, 0.15) is 6.42 Å². The largest absolute Gasteiger partial charge is 0.380 e. The molecule has 1 aromatic rings. The van der Waals surface area contributed by atoms with Crippen LogP contribution in [-0.2, 0) is 4.74 Å². The van der Waals surface area contributed by atoms with Crippen LogP contribution in [-0.4, -0.2) is 31.3 Å². The van der Waals surface area contributed by atoms with Crippen molar-refractivity contribution in [3.63, 3.8) is 0 Å². The van der Waals surface area contributed by atoms with Gasteiger partial charge >= 0.3 is 0 Å².